The lowest BCUT2D eigenvalue weighted by Crippen LogP contribution is -2.25. The van der Waals surface area contributed by atoms with E-state index >= 15 is 0 Å². The van der Waals surface area contributed by atoms with E-state index in [4.69, 9.17) is 26.1 Å². The summed E-state index contributed by atoms with van der Waals surface area (Å²) < 4.78 is 13.2. The van der Waals surface area contributed by atoms with Crippen molar-refractivity contribution in [3.8, 4) is 11.3 Å². The van der Waals surface area contributed by atoms with Crippen molar-refractivity contribution in [2.24, 2.45) is 10.9 Å². The number of aliphatic imine (C=N–C) groups is 1. The number of amides is 1. The minimum atomic E-state index is -0.517. The molecule has 0 radical (unpaired) electrons. The molecule has 3 aromatic rings. The molecule has 0 spiro atoms. The van der Waals surface area contributed by atoms with Gasteiger partial charge in [0.15, 0.2) is 0 Å². The van der Waals surface area contributed by atoms with Crippen molar-refractivity contribution in [3.05, 3.63) is 59.4 Å². The molecule has 7 nitrogen and oxygen atoms in total. The Kier molecular flexibility index (Phi) is 5.95. The number of ether oxygens (including phenoxy) is 2. The van der Waals surface area contributed by atoms with Gasteiger partial charge >= 0.3 is 6.09 Å². The topological polar surface area (TPSA) is 68.4 Å². The van der Waals surface area contributed by atoms with Gasteiger partial charge in [0, 0.05) is 42.3 Å². The van der Waals surface area contributed by atoms with Crippen molar-refractivity contribution in [3.63, 3.8) is 0 Å². The van der Waals surface area contributed by atoms with Crippen LogP contribution in [-0.2, 0) is 16.0 Å². The van der Waals surface area contributed by atoms with Crippen LogP contribution in [0.2, 0.25) is 5.02 Å². The van der Waals surface area contributed by atoms with E-state index in [0.29, 0.717) is 24.8 Å². The van der Waals surface area contributed by atoms with Gasteiger partial charge in [0.1, 0.15) is 5.65 Å². The second-order valence-electron chi connectivity index (χ2n) is 8.21. The van der Waals surface area contributed by atoms with Crippen LogP contribution >= 0.6 is 11.6 Å². The minimum Gasteiger partial charge on any atom is -0.448 e. The fourth-order valence-electron chi connectivity index (χ4n) is 4.47. The van der Waals surface area contributed by atoms with Crippen molar-refractivity contribution in [2.45, 2.75) is 26.0 Å². The van der Waals surface area contributed by atoms with Crippen LogP contribution in [0, 0.1) is 5.92 Å². The van der Waals surface area contributed by atoms with Gasteiger partial charge in [-0.15, -0.1) is 0 Å². The zero-order valence-corrected chi connectivity index (χ0v) is 18.7. The predicted molar refractivity (Wildman–Crippen MR) is 123 cm³/mol. The van der Waals surface area contributed by atoms with Gasteiger partial charge in [0.25, 0.3) is 0 Å². The summed E-state index contributed by atoms with van der Waals surface area (Å²) in [6, 6.07) is 13.8. The number of likely N-dealkylation sites (tertiary alicyclic amines) is 1. The Labute approximate surface area is 191 Å². The third-order valence-corrected chi connectivity index (χ3v) is 6.25. The first kappa shape index (κ1) is 21.1. The highest BCUT2D eigenvalue weighted by Gasteiger charge is 2.42. The van der Waals surface area contributed by atoms with Crippen molar-refractivity contribution in [1.29, 1.82) is 0 Å². The fourth-order valence-corrected chi connectivity index (χ4v) is 4.60. The van der Waals surface area contributed by atoms with E-state index in [0.717, 1.165) is 47.8 Å². The van der Waals surface area contributed by atoms with Crippen molar-refractivity contribution in [2.75, 3.05) is 26.3 Å². The average molecular weight is 453 g/mol. The van der Waals surface area contributed by atoms with Crippen LogP contribution in [0.5, 0.6) is 0 Å². The number of halogens is 1. The van der Waals surface area contributed by atoms with Gasteiger partial charge in [-0.05, 0) is 30.7 Å². The van der Waals surface area contributed by atoms with Gasteiger partial charge in [0.2, 0.25) is 0 Å². The molecule has 2 aromatic heterocycles. The van der Waals surface area contributed by atoms with Crippen LogP contribution in [0.25, 0.3) is 16.9 Å². The smallest absolute Gasteiger partial charge is 0.433 e. The first-order valence-corrected chi connectivity index (χ1v) is 11.3. The fraction of sp³-hybridized carbons (Fsp3) is 0.375. The maximum Gasteiger partial charge on any atom is 0.433 e. The number of fused-ring (bicyclic) bond motifs is 2. The molecule has 0 saturated carbocycles. The molecule has 2 aliphatic rings. The number of nitrogens with zero attached hydrogens (tertiary/aromatic N) is 4. The maximum absolute atomic E-state index is 12.0. The van der Waals surface area contributed by atoms with Gasteiger partial charge in [-0.2, -0.15) is 4.99 Å². The minimum absolute atomic E-state index is 0.0471. The van der Waals surface area contributed by atoms with Crippen LogP contribution in [0.1, 0.15) is 19.0 Å². The van der Waals surface area contributed by atoms with Crippen LogP contribution in [0.3, 0.4) is 0 Å². The largest absolute Gasteiger partial charge is 0.448 e. The number of pyridine rings is 1. The van der Waals surface area contributed by atoms with E-state index in [9.17, 15) is 4.79 Å². The lowest BCUT2D eigenvalue weighted by atomic mass is 10.0. The monoisotopic (exact) mass is 452 g/mol. The highest BCUT2D eigenvalue weighted by Crippen LogP contribution is 2.32. The van der Waals surface area contributed by atoms with Gasteiger partial charge in [-0.25, -0.2) is 9.78 Å². The molecule has 2 fully saturated rings. The number of aromatic nitrogens is 2. The molecule has 1 aromatic carbocycles. The highest BCUT2D eigenvalue weighted by atomic mass is 35.5. The highest BCUT2D eigenvalue weighted by molar-refractivity contribution is 6.30. The number of hydrogen-bond acceptors (Lipinski definition) is 5. The third-order valence-electron chi connectivity index (χ3n) is 6.00. The molecule has 5 rings (SSSR count). The standard InChI is InChI=1S/C24H25ClN4O3/c1-2-11-31-24(30)26-19-15-32-21-14-28(12-18(19)21)13-20-23(16-6-8-17(25)9-7-16)27-22-5-3-4-10-29(20)22/h3-10,18,21H,2,11-15H2,1H3. The Balaban J connectivity index is 1.39. The maximum atomic E-state index is 12.0. The van der Waals surface area contributed by atoms with Crippen LogP contribution < -0.4 is 0 Å². The van der Waals surface area contributed by atoms with E-state index in [-0.39, 0.29) is 12.0 Å². The summed E-state index contributed by atoms with van der Waals surface area (Å²) in [5, 5.41) is 0.702. The molecule has 2 atom stereocenters. The molecular formula is C24H25ClN4O3. The first-order chi connectivity index (χ1) is 15.6. The molecule has 2 unspecified atom stereocenters. The lowest BCUT2D eigenvalue weighted by Gasteiger charge is -2.17. The van der Waals surface area contributed by atoms with Crippen molar-refractivity contribution in [1.82, 2.24) is 14.3 Å². The van der Waals surface area contributed by atoms with Gasteiger partial charge in [-0.3, -0.25) is 4.90 Å². The number of benzene rings is 1. The van der Waals surface area contributed by atoms with E-state index < -0.39 is 6.09 Å². The Hall–Kier alpha value is -2.74. The first-order valence-electron chi connectivity index (χ1n) is 10.9. The Bertz CT molecular complexity index is 1160. The summed E-state index contributed by atoms with van der Waals surface area (Å²) >= 11 is 6.10. The molecule has 0 N–H and O–H groups in total. The molecule has 166 valence electrons. The van der Waals surface area contributed by atoms with E-state index in [2.05, 4.69) is 14.3 Å². The number of hydrogen-bond donors (Lipinski definition) is 0. The summed E-state index contributed by atoms with van der Waals surface area (Å²) in [6.07, 6.45) is 2.35. The average Bonchev–Trinajstić information content (AvgIpc) is 3.47. The van der Waals surface area contributed by atoms with Crippen LogP contribution in [-0.4, -0.2) is 58.5 Å². The number of rotatable bonds is 5. The number of carbonyl (C=O) groups is 1. The molecule has 0 aliphatic carbocycles. The molecule has 0 bridgehead atoms. The zero-order valence-electron chi connectivity index (χ0n) is 17.9. The Morgan fingerprint density at radius 1 is 1.25 bits per heavy atom. The lowest BCUT2D eigenvalue weighted by molar-refractivity contribution is 0.102. The van der Waals surface area contributed by atoms with Gasteiger partial charge in [-0.1, -0.05) is 36.7 Å². The predicted octanol–water partition coefficient (Wildman–Crippen LogP) is 4.47. The van der Waals surface area contributed by atoms with Gasteiger partial charge < -0.3 is 13.9 Å². The molecule has 8 heteroatoms. The van der Waals surface area contributed by atoms with E-state index in [1.54, 1.807) is 0 Å². The number of carbonyl (C=O) groups excluding carboxylic acids is 1. The second-order valence-corrected chi connectivity index (χ2v) is 8.65. The normalized spacial score (nSPS) is 22.0. The SMILES string of the molecule is CCCOC(=O)N=C1COC2CN(Cc3c(-c4ccc(Cl)cc4)nc4ccccn34)CC12. The quantitative estimate of drug-likeness (QED) is 0.571. The molecule has 32 heavy (non-hydrogen) atoms. The van der Waals surface area contributed by atoms with E-state index in [1.807, 2.05) is 55.6 Å². The molecular weight excluding hydrogens is 428 g/mol. The molecule has 2 saturated heterocycles. The van der Waals surface area contributed by atoms with Crippen molar-refractivity contribution < 1.29 is 14.3 Å². The molecule has 2 aliphatic heterocycles. The summed E-state index contributed by atoms with van der Waals surface area (Å²) in [6.45, 7) is 5.03. The summed E-state index contributed by atoms with van der Waals surface area (Å²) in [5.41, 5.74) is 4.79. The zero-order chi connectivity index (χ0) is 22.1. The summed E-state index contributed by atoms with van der Waals surface area (Å²) in [5.74, 6) is 0.113. The summed E-state index contributed by atoms with van der Waals surface area (Å²) in [4.78, 5) is 23.4. The van der Waals surface area contributed by atoms with Crippen molar-refractivity contribution >= 4 is 29.1 Å². The van der Waals surface area contributed by atoms with Crippen LogP contribution in [0.15, 0.2) is 53.7 Å². The second kappa shape index (κ2) is 9.02. The Morgan fingerprint density at radius 3 is 2.91 bits per heavy atom. The summed E-state index contributed by atoms with van der Waals surface area (Å²) in [7, 11) is 0. The molecule has 4 heterocycles. The van der Waals surface area contributed by atoms with E-state index in [1.165, 1.54) is 0 Å². The third kappa shape index (κ3) is 4.16. The van der Waals surface area contributed by atoms with Gasteiger partial charge in [0.05, 0.1) is 36.4 Å². The van der Waals surface area contributed by atoms with Crippen LogP contribution in [0.4, 0.5) is 4.79 Å². The molecule has 1 amide bonds. The Morgan fingerprint density at radius 2 is 2.09 bits per heavy atom. The number of imidazole rings is 1.